The summed E-state index contributed by atoms with van der Waals surface area (Å²) in [5.41, 5.74) is 2.91. The number of amides is 1. The average molecular weight is 312 g/mol. The Morgan fingerprint density at radius 1 is 1.39 bits per heavy atom. The Labute approximate surface area is 136 Å². The number of hydrogen-bond donors (Lipinski definition) is 0. The van der Waals surface area contributed by atoms with E-state index in [4.69, 9.17) is 0 Å². The maximum atomic E-state index is 13.6. The second-order valence-corrected chi connectivity index (χ2v) is 6.33. The van der Waals surface area contributed by atoms with Gasteiger partial charge in [-0.2, -0.15) is 0 Å². The van der Waals surface area contributed by atoms with Crippen molar-refractivity contribution in [1.29, 1.82) is 0 Å². The van der Waals surface area contributed by atoms with Crippen molar-refractivity contribution in [2.75, 3.05) is 6.54 Å². The molecule has 2 unspecified atom stereocenters. The first-order valence-electron chi connectivity index (χ1n) is 8.00. The molecule has 23 heavy (non-hydrogen) atoms. The van der Waals surface area contributed by atoms with Crippen molar-refractivity contribution >= 4 is 5.91 Å². The van der Waals surface area contributed by atoms with E-state index >= 15 is 0 Å². The monoisotopic (exact) mass is 312 g/mol. The van der Waals surface area contributed by atoms with Crippen LogP contribution >= 0.6 is 0 Å². The van der Waals surface area contributed by atoms with Gasteiger partial charge in [-0.1, -0.05) is 19.1 Å². The fourth-order valence-electron chi connectivity index (χ4n) is 3.39. The van der Waals surface area contributed by atoms with Crippen LogP contribution in [0.1, 0.15) is 36.1 Å². The van der Waals surface area contributed by atoms with Crippen LogP contribution < -0.4 is 0 Å². The third-order valence-electron chi connectivity index (χ3n) is 4.69. The molecular formula is C19H21FN2O. The van der Waals surface area contributed by atoms with Gasteiger partial charge in [-0.15, -0.1) is 0 Å². The van der Waals surface area contributed by atoms with E-state index in [0.717, 1.165) is 29.7 Å². The Kier molecular flexibility index (Phi) is 4.42. The molecule has 120 valence electrons. The number of likely N-dealkylation sites (tertiary alicyclic amines) is 1. The molecule has 1 aliphatic heterocycles. The molecule has 4 heteroatoms. The van der Waals surface area contributed by atoms with Gasteiger partial charge in [-0.05, 0) is 54.2 Å². The van der Waals surface area contributed by atoms with Crippen molar-refractivity contribution in [3.8, 4) is 0 Å². The fraction of sp³-hybridized carbons (Fsp3) is 0.368. The van der Waals surface area contributed by atoms with Crippen LogP contribution in [0.2, 0.25) is 0 Å². The summed E-state index contributed by atoms with van der Waals surface area (Å²) < 4.78 is 13.6. The summed E-state index contributed by atoms with van der Waals surface area (Å²) in [6.07, 6.45) is 4.81. The number of halogens is 1. The third-order valence-corrected chi connectivity index (χ3v) is 4.69. The number of nitrogens with zero attached hydrogens (tertiary/aromatic N) is 2. The zero-order chi connectivity index (χ0) is 16.4. The Morgan fingerprint density at radius 2 is 2.22 bits per heavy atom. The molecule has 1 aliphatic rings. The number of carbonyl (C=O) groups excluding carboxylic acids is 1. The second-order valence-electron chi connectivity index (χ2n) is 6.33. The summed E-state index contributed by atoms with van der Waals surface area (Å²) >= 11 is 0. The normalized spacial score (nSPS) is 20.7. The number of benzene rings is 1. The molecule has 3 nitrogen and oxygen atoms in total. The Bertz CT molecular complexity index is 716. The molecule has 0 radical (unpaired) electrons. The summed E-state index contributed by atoms with van der Waals surface area (Å²) in [5, 5.41) is 0. The molecule has 0 spiro atoms. The van der Waals surface area contributed by atoms with Crippen LogP contribution in [0.3, 0.4) is 0 Å². The van der Waals surface area contributed by atoms with Gasteiger partial charge in [-0.25, -0.2) is 4.39 Å². The van der Waals surface area contributed by atoms with Gasteiger partial charge in [0, 0.05) is 18.9 Å². The van der Waals surface area contributed by atoms with Crippen molar-refractivity contribution in [3.05, 3.63) is 65.2 Å². The van der Waals surface area contributed by atoms with Crippen molar-refractivity contribution in [2.45, 2.75) is 32.7 Å². The number of hydrogen-bond acceptors (Lipinski definition) is 2. The predicted molar refractivity (Wildman–Crippen MR) is 87.3 cm³/mol. The van der Waals surface area contributed by atoms with Gasteiger partial charge in [0.15, 0.2) is 0 Å². The van der Waals surface area contributed by atoms with E-state index in [-0.39, 0.29) is 17.8 Å². The molecular weight excluding hydrogens is 291 g/mol. The molecule has 2 heterocycles. The first-order valence-corrected chi connectivity index (χ1v) is 8.00. The fourth-order valence-corrected chi connectivity index (χ4v) is 3.39. The standard InChI is InChI=1S/C19H21FN2O/c1-13-7-9-22(19(13)16-4-3-5-17(20)10-16)18(23)11-15-6-8-21-12-14(15)2/h3-6,8,10,12-13,19H,7,9,11H2,1-2H3. The maximum absolute atomic E-state index is 13.6. The third kappa shape index (κ3) is 3.26. The van der Waals surface area contributed by atoms with Crippen LogP contribution in [0.5, 0.6) is 0 Å². The first kappa shape index (κ1) is 15.7. The molecule has 2 atom stereocenters. The molecule has 1 aromatic carbocycles. The first-order chi connectivity index (χ1) is 11.1. The van der Waals surface area contributed by atoms with E-state index in [0.29, 0.717) is 12.3 Å². The molecule has 1 saturated heterocycles. The van der Waals surface area contributed by atoms with Crippen molar-refractivity contribution < 1.29 is 9.18 Å². The van der Waals surface area contributed by atoms with Crippen molar-refractivity contribution in [3.63, 3.8) is 0 Å². The molecule has 1 amide bonds. The van der Waals surface area contributed by atoms with Crippen LogP contribution in [0, 0.1) is 18.7 Å². The van der Waals surface area contributed by atoms with E-state index in [1.165, 1.54) is 6.07 Å². The van der Waals surface area contributed by atoms with Gasteiger partial charge < -0.3 is 4.90 Å². The molecule has 1 aromatic heterocycles. The topological polar surface area (TPSA) is 33.2 Å². The summed E-state index contributed by atoms with van der Waals surface area (Å²) in [5.74, 6) is 0.177. The highest BCUT2D eigenvalue weighted by atomic mass is 19.1. The van der Waals surface area contributed by atoms with Crippen molar-refractivity contribution in [1.82, 2.24) is 9.88 Å². The summed E-state index contributed by atoms with van der Waals surface area (Å²) in [7, 11) is 0. The Morgan fingerprint density at radius 3 is 2.96 bits per heavy atom. The minimum absolute atomic E-state index is 0.0413. The lowest BCUT2D eigenvalue weighted by molar-refractivity contribution is -0.131. The van der Waals surface area contributed by atoms with Crippen LogP contribution in [-0.2, 0) is 11.2 Å². The number of carbonyl (C=O) groups is 1. The highest BCUT2D eigenvalue weighted by molar-refractivity contribution is 5.80. The SMILES string of the molecule is Cc1cnccc1CC(=O)N1CCC(C)C1c1cccc(F)c1. The summed E-state index contributed by atoms with van der Waals surface area (Å²) in [4.78, 5) is 18.8. The Hall–Kier alpha value is -2.23. The van der Waals surface area contributed by atoms with Crippen LogP contribution in [0.25, 0.3) is 0 Å². The van der Waals surface area contributed by atoms with Crippen LogP contribution in [0.15, 0.2) is 42.7 Å². The van der Waals surface area contributed by atoms with Gasteiger partial charge in [-0.3, -0.25) is 9.78 Å². The second kappa shape index (κ2) is 6.49. The van der Waals surface area contributed by atoms with Crippen LogP contribution in [0.4, 0.5) is 4.39 Å². The van der Waals surface area contributed by atoms with Crippen LogP contribution in [-0.4, -0.2) is 22.3 Å². The Balaban J connectivity index is 1.83. The lowest BCUT2D eigenvalue weighted by Crippen LogP contribution is -2.33. The molecule has 0 saturated carbocycles. The number of aromatic nitrogens is 1. The van der Waals surface area contributed by atoms with Gasteiger partial charge >= 0.3 is 0 Å². The number of rotatable bonds is 3. The largest absolute Gasteiger partial charge is 0.335 e. The zero-order valence-electron chi connectivity index (χ0n) is 13.5. The molecule has 1 fully saturated rings. The number of pyridine rings is 1. The quantitative estimate of drug-likeness (QED) is 0.866. The number of aryl methyl sites for hydroxylation is 1. The highest BCUT2D eigenvalue weighted by Crippen LogP contribution is 2.37. The van der Waals surface area contributed by atoms with Gasteiger partial charge in [0.25, 0.3) is 0 Å². The molecule has 3 rings (SSSR count). The minimum atomic E-state index is -0.251. The zero-order valence-corrected chi connectivity index (χ0v) is 13.5. The predicted octanol–water partition coefficient (Wildman–Crippen LogP) is 3.68. The highest BCUT2D eigenvalue weighted by Gasteiger charge is 2.35. The van der Waals surface area contributed by atoms with E-state index in [1.54, 1.807) is 24.5 Å². The van der Waals surface area contributed by atoms with Gasteiger partial charge in [0.05, 0.1) is 12.5 Å². The molecule has 2 aromatic rings. The minimum Gasteiger partial charge on any atom is -0.335 e. The van der Waals surface area contributed by atoms with E-state index < -0.39 is 0 Å². The lowest BCUT2D eigenvalue weighted by atomic mass is 9.95. The van der Waals surface area contributed by atoms with E-state index in [2.05, 4.69) is 11.9 Å². The van der Waals surface area contributed by atoms with Gasteiger partial charge in [0.2, 0.25) is 5.91 Å². The molecule has 0 aliphatic carbocycles. The molecule has 0 N–H and O–H groups in total. The summed E-state index contributed by atoms with van der Waals surface area (Å²) in [6.45, 7) is 4.82. The lowest BCUT2D eigenvalue weighted by Gasteiger charge is -2.28. The van der Waals surface area contributed by atoms with Gasteiger partial charge in [0.1, 0.15) is 5.82 Å². The molecule has 0 bridgehead atoms. The van der Waals surface area contributed by atoms with E-state index in [9.17, 15) is 9.18 Å². The summed E-state index contributed by atoms with van der Waals surface area (Å²) in [6, 6.07) is 8.46. The van der Waals surface area contributed by atoms with Crippen molar-refractivity contribution in [2.24, 2.45) is 5.92 Å². The van der Waals surface area contributed by atoms with E-state index in [1.807, 2.05) is 24.0 Å². The maximum Gasteiger partial charge on any atom is 0.227 e. The smallest absolute Gasteiger partial charge is 0.227 e. The average Bonchev–Trinajstić information content (AvgIpc) is 2.91.